The summed E-state index contributed by atoms with van der Waals surface area (Å²) in [7, 11) is 1.85. The smallest absolute Gasteiger partial charge is 0.253 e. The molecule has 2 aromatic heterocycles. The van der Waals surface area contributed by atoms with Gasteiger partial charge in [-0.15, -0.1) is 0 Å². The summed E-state index contributed by atoms with van der Waals surface area (Å²) >= 11 is 0. The van der Waals surface area contributed by atoms with Gasteiger partial charge in [0.2, 0.25) is 0 Å². The van der Waals surface area contributed by atoms with Crippen molar-refractivity contribution in [3.8, 4) is 5.75 Å². The lowest BCUT2D eigenvalue weighted by molar-refractivity contribution is 0.0924. The van der Waals surface area contributed by atoms with Crippen molar-refractivity contribution in [3.63, 3.8) is 0 Å². The third-order valence-corrected chi connectivity index (χ3v) is 4.39. The molecule has 1 aliphatic rings. The summed E-state index contributed by atoms with van der Waals surface area (Å²) in [4.78, 5) is 17.0. The van der Waals surface area contributed by atoms with Crippen LogP contribution < -0.4 is 10.1 Å². The van der Waals surface area contributed by atoms with Crippen LogP contribution in [0.3, 0.4) is 0 Å². The molecular weight excluding hydrogens is 304 g/mol. The minimum atomic E-state index is -0.130. The molecule has 0 bridgehead atoms. The summed E-state index contributed by atoms with van der Waals surface area (Å²) in [5.74, 6) is 0.708. The van der Waals surface area contributed by atoms with E-state index in [9.17, 15) is 4.79 Å². The number of benzene rings is 1. The van der Waals surface area contributed by atoms with Gasteiger partial charge in [0.25, 0.3) is 5.91 Å². The van der Waals surface area contributed by atoms with Gasteiger partial charge in [0.15, 0.2) is 5.65 Å². The zero-order valence-corrected chi connectivity index (χ0v) is 13.6. The monoisotopic (exact) mass is 322 g/mol. The first-order valence-corrected chi connectivity index (χ1v) is 7.95. The van der Waals surface area contributed by atoms with Crippen LogP contribution in [0.15, 0.2) is 36.5 Å². The molecule has 0 radical (unpaired) electrons. The normalized spacial score (nSPS) is 16.5. The summed E-state index contributed by atoms with van der Waals surface area (Å²) in [5, 5.41) is 8.34. The number of ether oxygens (including phenoxy) is 1. The van der Waals surface area contributed by atoms with E-state index in [1.165, 1.54) is 0 Å². The molecule has 6 nitrogen and oxygen atoms in total. The summed E-state index contributed by atoms with van der Waals surface area (Å²) in [6.45, 7) is 2.52. The van der Waals surface area contributed by atoms with Gasteiger partial charge in [-0.25, -0.2) is 4.98 Å². The van der Waals surface area contributed by atoms with Crippen molar-refractivity contribution >= 4 is 16.9 Å². The van der Waals surface area contributed by atoms with Crippen molar-refractivity contribution < 1.29 is 9.53 Å². The molecule has 0 spiro atoms. The number of carbonyl (C=O) groups excluding carboxylic acids is 1. The van der Waals surface area contributed by atoms with Crippen molar-refractivity contribution in [1.29, 1.82) is 0 Å². The number of rotatable bonds is 2. The molecule has 1 N–H and O–H groups in total. The van der Waals surface area contributed by atoms with Crippen molar-refractivity contribution in [2.75, 3.05) is 6.61 Å². The second-order valence-corrected chi connectivity index (χ2v) is 6.01. The van der Waals surface area contributed by atoms with Gasteiger partial charge in [-0.3, -0.25) is 9.48 Å². The number of nitrogens with zero attached hydrogens (tertiary/aromatic N) is 3. The van der Waals surface area contributed by atoms with E-state index < -0.39 is 0 Å². The highest BCUT2D eigenvalue weighted by molar-refractivity contribution is 5.97. The molecule has 0 saturated carbocycles. The summed E-state index contributed by atoms with van der Waals surface area (Å²) in [6.07, 6.45) is 2.36. The number of hydrogen-bond donors (Lipinski definition) is 1. The molecule has 3 heterocycles. The topological polar surface area (TPSA) is 69.0 Å². The quantitative estimate of drug-likeness (QED) is 0.787. The zero-order valence-electron chi connectivity index (χ0n) is 13.6. The average molecular weight is 322 g/mol. The van der Waals surface area contributed by atoms with Crippen molar-refractivity contribution in [3.05, 3.63) is 53.3 Å². The molecule has 1 aliphatic heterocycles. The molecule has 3 aromatic rings. The molecule has 4 rings (SSSR count). The number of nitrogens with one attached hydrogen (secondary N) is 1. The largest absolute Gasteiger partial charge is 0.493 e. The van der Waals surface area contributed by atoms with Crippen molar-refractivity contribution in [2.45, 2.75) is 19.4 Å². The van der Waals surface area contributed by atoms with Crippen LogP contribution in [-0.2, 0) is 7.05 Å². The maximum atomic E-state index is 12.7. The molecule has 122 valence electrons. The van der Waals surface area contributed by atoms with Gasteiger partial charge in [-0.05, 0) is 19.1 Å². The van der Waals surface area contributed by atoms with Gasteiger partial charge in [-0.1, -0.05) is 18.2 Å². The third-order valence-electron chi connectivity index (χ3n) is 4.39. The van der Waals surface area contributed by atoms with Crippen LogP contribution in [-0.4, -0.2) is 27.3 Å². The molecule has 6 heteroatoms. The Hall–Kier alpha value is -2.89. The Balaban J connectivity index is 1.62. The van der Waals surface area contributed by atoms with Crippen LogP contribution in [0.5, 0.6) is 5.75 Å². The van der Waals surface area contributed by atoms with E-state index >= 15 is 0 Å². The Morgan fingerprint density at radius 2 is 2.21 bits per heavy atom. The lowest BCUT2D eigenvalue weighted by atomic mass is 10.00. The molecule has 0 fully saturated rings. The predicted molar refractivity (Wildman–Crippen MR) is 90.0 cm³/mol. The molecule has 0 saturated heterocycles. The van der Waals surface area contributed by atoms with Crippen molar-refractivity contribution in [2.24, 2.45) is 7.05 Å². The number of pyridine rings is 1. The zero-order chi connectivity index (χ0) is 16.7. The van der Waals surface area contributed by atoms with Gasteiger partial charge in [0.05, 0.1) is 23.9 Å². The molecule has 1 amide bonds. The van der Waals surface area contributed by atoms with Gasteiger partial charge >= 0.3 is 0 Å². The van der Waals surface area contributed by atoms with Crippen molar-refractivity contribution in [1.82, 2.24) is 20.1 Å². The van der Waals surface area contributed by atoms with E-state index in [0.717, 1.165) is 34.5 Å². The van der Waals surface area contributed by atoms with Crippen LogP contribution in [0.2, 0.25) is 0 Å². The highest BCUT2D eigenvalue weighted by atomic mass is 16.5. The highest BCUT2D eigenvalue weighted by Gasteiger charge is 2.23. The Morgan fingerprint density at radius 3 is 3.08 bits per heavy atom. The maximum absolute atomic E-state index is 12.7. The third kappa shape index (κ3) is 2.40. The Morgan fingerprint density at radius 1 is 1.38 bits per heavy atom. The lowest BCUT2D eigenvalue weighted by Gasteiger charge is -2.26. The van der Waals surface area contributed by atoms with E-state index in [2.05, 4.69) is 15.4 Å². The lowest BCUT2D eigenvalue weighted by Crippen LogP contribution is -2.32. The summed E-state index contributed by atoms with van der Waals surface area (Å²) in [5.41, 5.74) is 3.21. The molecule has 24 heavy (non-hydrogen) atoms. The van der Waals surface area contributed by atoms with E-state index in [-0.39, 0.29) is 11.9 Å². The van der Waals surface area contributed by atoms with Gasteiger partial charge < -0.3 is 10.1 Å². The number of amides is 1. The maximum Gasteiger partial charge on any atom is 0.253 e. The first-order chi connectivity index (χ1) is 11.6. The van der Waals surface area contributed by atoms with Crippen LogP contribution in [0, 0.1) is 6.92 Å². The molecule has 0 aliphatic carbocycles. The Kier molecular flexibility index (Phi) is 3.45. The second kappa shape index (κ2) is 5.63. The van der Waals surface area contributed by atoms with Gasteiger partial charge in [0.1, 0.15) is 5.75 Å². The average Bonchev–Trinajstić information content (AvgIpc) is 2.89. The summed E-state index contributed by atoms with van der Waals surface area (Å²) < 4.78 is 7.37. The van der Waals surface area contributed by atoms with E-state index in [1.807, 2.05) is 44.3 Å². The fourth-order valence-corrected chi connectivity index (χ4v) is 3.17. The molecule has 1 atom stereocenters. The first-order valence-electron chi connectivity index (χ1n) is 7.95. The van der Waals surface area contributed by atoms with Crippen LogP contribution >= 0.6 is 0 Å². The van der Waals surface area contributed by atoms with Gasteiger partial charge in [0, 0.05) is 30.6 Å². The van der Waals surface area contributed by atoms with Crippen LogP contribution in [0.4, 0.5) is 0 Å². The second-order valence-electron chi connectivity index (χ2n) is 6.01. The SMILES string of the molecule is Cc1nn(C)c2ncc(C(=O)N[C@@H]3CCOc4ccccc43)cc12. The first kappa shape index (κ1) is 14.7. The number of aromatic nitrogens is 3. The molecule has 1 aromatic carbocycles. The fourth-order valence-electron chi connectivity index (χ4n) is 3.17. The van der Waals surface area contributed by atoms with Gasteiger partial charge in [-0.2, -0.15) is 5.10 Å². The summed E-state index contributed by atoms with van der Waals surface area (Å²) in [6, 6.07) is 9.62. The number of aryl methyl sites for hydroxylation is 2. The minimum absolute atomic E-state index is 0.0480. The van der Waals surface area contributed by atoms with Crippen LogP contribution in [0.25, 0.3) is 11.0 Å². The highest BCUT2D eigenvalue weighted by Crippen LogP contribution is 2.31. The standard InChI is InChI=1S/C18H18N4O2/c1-11-14-9-12(10-19-17(14)22(2)21-11)18(23)20-15-7-8-24-16-6-4-3-5-13(15)16/h3-6,9-10,15H,7-8H2,1-2H3,(H,20,23)/t15-/m1/s1. The predicted octanol–water partition coefficient (Wildman–Crippen LogP) is 2.53. The number of carbonyl (C=O) groups is 1. The number of para-hydroxylation sites is 1. The Labute approximate surface area is 139 Å². The molecule has 0 unspecified atom stereocenters. The van der Waals surface area contributed by atoms with E-state index in [4.69, 9.17) is 4.74 Å². The van der Waals surface area contributed by atoms with E-state index in [1.54, 1.807) is 10.9 Å². The number of hydrogen-bond acceptors (Lipinski definition) is 4. The van der Waals surface area contributed by atoms with E-state index in [0.29, 0.717) is 12.2 Å². The minimum Gasteiger partial charge on any atom is -0.493 e. The Bertz CT molecular complexity index is 932. The number of fused-ring (bicyclic) bond motifs is 2. The van der Waals surface area contributed by atoms with Crippen LogP contribution in [0.1, 0.15) is 34.1 Å². The molecular formula is C18H18N4O2. The fraction of sp³-hybridized carbons (Fsp3) is 0.278.